The second-order valence-corrected chi connectivity index (χ2v) is 9.80. The normalized spacial score (nSPS) is 33.1. The van der Waals surface area contributed by atoms with Gasteiger partial charge in [-0.15, -0.1) is 0 Å². The summed E-state index contributed by atoms with van der Waals surface area (Å²) in [7, 11) is 3.66. The zero-order chi connectivity index (χ0) is 21.2. The van der Waals surface area contributed by atoms with Crippen LogP contribution >= 0.6 is 0 Å². The van der Waals surface area contributed by atoms with E-state index >= 15 is 0 Å². The van der Waals surface area contributed by atoms with Crippen LogP contribution in [0.2, 0.25) is 0 Å². The van der Waals surface area contributed by atoms with Gasteiger partial charge in [0.15, 0.2) is 0 Å². The van der Waals surface area contributed by atoms with Crippen LogP contribution in [-0.4, -0.2) is 32.1 Å². The first-order valence-electron chi connectivity index (χ1n) is 11.7. The topological polar surface area (TPSA) is 53.6 Å². The van der Waals surface area contributed by atoms with Gasteiger partial charge in [0.2, 0.25) is 5.91 Å². The maximum atomic E-state index is 12.6. The lowest BCUT2D eigenvalue weighted by atomic mass is 9.79. The molecule has 1 aliphatic carbocycles. The highest BCUT2D eigenvalue weighted by atomic mass is 16.5. The fourth-order valence-electron chi connectivity index (χ4n) is 6.41. The van der Waals surface area contributed by atoms with E-state index in [1.807, 2.05) is 11.9 Å². The van der Waals surface area contributed by atoms with Crippen LogP contribution < -0.4 is 20.3 Å². The Kier molecular flexibility index (Phi) is 4.41. The molecule has 3 aliphatic heterocycles. The number of carbonyl (C=O) groups excluding carboxylic acids is 1. The number of benzene rings is 2. The van der Waals surface area contributed by atoms with E-state index in [-0.39, 0.29) is 17.4 Å². The lowest BCUT2D eigenvalue weighted by Gasteiger charge is -2.43. The molecule has 5 heteroatoms. The Labute approximate surface area is 184 Å². The molecule has 2 aromatic rings. The molecule has 2 N–H and O–H groups in total. The van der Waals surface area contributed by atoms with Gasteiger partial charge in [-0.3, -0.25) is 4.79 Å². The molecule has 3 heterocycles. The zero-order valence-electron chi connectivity index (χ0n) is 18.4. The van der Waals surface area contributed by atoms with Gasteiger partial charge in [0.1, 0.15) is 5.75 Å². The van der Waals surface area contributed by atoms with Crippen LogP contribution in [-0.2, 0) is 16.9 Å². The molecular weight excluding hydrogens is 386 g/mol. The predicted octanol–water partition coefficient (Wildman–Crippen LogP) is 3.67. The summed E-state index contributed by atoms with van der Waals surface area (Å²) in [6, 6.07) is 16.3. The fraction of sp³-hybridized carbons (Fsp3) is 0.500. The van der Waals surface area contributed by atoms with E-state index in [0.717, 1.165) is 30.0 Å². The Morgan fingerprint density at radius 1 is 1.16 bits per heavy atom. The van der Waals surface area contributed by atoms with Gasteiger partial charge in [0.05, 0.1) is 12.6 Å². The van der Waals surface area contributed by atoms with Gasteiger partial charge in [-0.05, 0) is 61.3 Å². The number of methoxy groups -OCH3 is 1. The molecule has 2 bridgehead atoms. The highest BCUT2D eigenvalue weighted by Gasteiger charge is 2.51. The molecule has 0 aromatic heterocycles. The number of hydrogen-bond donors (Lipinski definition) is 2. The maximum absolute atomic E-state index is 12.6. The van der Waals surface area contributed by atoms with E-state index in [9.17, 15) is 4.79 Å². The minimum Gasteiger partial charge on any atom is -0.496 e. The second kappa shape index (κ2) is 7.07. The molecule has 1 unspecified atom stereocenters. The number of carbonyl (C=O) groups is 1. The van der Waals surface area contributed by atoms with Gasteiger partial charge in [-0.25, -0.2) is 0 Å². The Bertz CT molecular complexity index is 1020. The van der Waals surface area contributed by atoms with Crippen molar-refractivity contribution in [1.29, 1.82) is 0 Å². The van der Waals surface area contributed by atoms with Crippen LogP contribution in [0.5, 0.6) is 5.75 Å². The molecular formula is C26H31N3O2. The standard InChI is InChI=1S/C26H31N3O2/c1-29-22-12-16(23(31-2)14-20(22)19-13-21(19)25(29)30)15-27-24-9-8-18-10-11-26(24,28-18)17-6-4-3-5-7-17/h3-7,12,14,18-19,21,24,27-28H,8-11,13,15H2,1-2H3/t18-,19?,21-,24+,26+/m1/s1. The van der Waals surface area contributed by atoms with E-state index in [0.29, 0.717) is 18.0 Å². The van der Waals surface area contributed by atoms with Crippen LogP contribution in [0.1, 0.15) is 54.7 Å². The third-order valence-electron chi connectivity index (χ3n) is 8.20. The van der Waals surface area contributed by atoms with Gasteiger partial charge in [-0.1, -0.05) is 30.3 Å². The van der Waals surface area contributed by atoms with Crippen molar-refractivity contribution in [3.05, 3.63) is 59.2 Å². The summed E-state index contributed by atoms with van der Waals surface area (Å²) < 4.78 is 5.79. The van der Waals surface area contributed by atoms with Crippen molar-refractivity contribution >= 4 is 11.6 Å². The molecule has 1 saturated carbocycles. The predicted molar refractivity (Wildman–Crippen MR) is 121 cm³/mol. The van der Waals surface area contributed by atoms with Crippen LogP contribution in [0, 0.1) is 5.92 Å². The molecule has 6 rings (SSSR count). The highest BCUT2D eigenvalue weighted by molar-refractivity contribution is 6.01. The molecule has 3 fully saturated rings. The SMILES string of the molecule is COc1cc2c(cc1CN[C@H]1CC[C@@H]3CC[C@@]1(c1ccccc1)N3)N(C)C(=O)[C@@H]1CC21. The van der Waals surface area contributed by atoms with E-state index in [2.05, 4.69) is 53.1 Å². The van der Waals surface area contributed by atoms with Crippen LogP contribution in [0.3, 0.4) is 0 Å². The molecule has 5 atom stereocenters. The van der Waals surface area contributed by atoms with Crippen molar-refractivity contribution in [2.75, 3.05) is 19.1 Å². The largest absolute Gasteiger partial charge is 0.496 e. The quantitative estimate of drug-likeness (QED) is 0.779. The first kappa shape index (κ1) is 19.3. The summed E-state index contributed by atoms with van der Waals surface area (Å²) in [6.07, 6.45) is 5.77. The third-order valence-corrected chi connectivity index (χ3v) is 8.20. The number of anilines is 1. The van der Waals surface area contributed by atoms with Crippen LogP contribution in [0.25, 0.3) is 0 Å². The average Bonchev–Trinajstić information content (AvgIpc) is 3.54. The smallest absolute Gasteiger partial charge is 0.230 e. The summed E-state index contributed by atoms with van der Waals surface area (Å²) in [5, 5.41) is 7.85. The van der Waals surface area contributed by atoms with Crippen molar-refractivity contribution in [1.82, 2.24) is 10.6 Å². The maximum Gasteiger partial charge on any atom is 0.230 e. The molecule has 2 aromatic carbocycles. The number of fused-ring (bicyclic) bond motifs is 5. The number of piperidine rings is 1. The van der Waals surface area contributed by atoms with Crippen molar-refractivity contribution in [3.63, 3.8) is 0 Å². The number of nitrogens with zero attached hydrogens (tertiary/aromatic N) is 1. The summed E-state index contributed by atoms with van der Waals surface area (Å²) in [5.74, 6) is 1.76. The minimum absolute atomic E-state index is 0.000386. The minimum atomic E-state index is -0.000386. The molecule has 0 radical (unpaired) electrons. The van der Waals surface area contributed by atoms with E-state index in [1.54, 1.807) is 7.11 Å². The monoisotopic (exact) mass is 417 g/mol. The van der Waals surface area contributed by atoms with E-state index in [4.69, 9.17) is 4.74 Å². The fourth-order valence-corrected chi connectivity index (χ4v) is 6.41. The van der Waals surface area contributed by atoms with E-state index < -0.39 is 0 Å². The Morgan fingerprint density at radius 2 is 2.00 bits per heavy atom. The lowest BCUT2D eigenvalue weighted by Crippen LogP contribution is -2.58. The summed E-state index contributed by atoms with van der Waals surface area (Å²) in [6.45, 7) is 0.734. The van der Waals surface area contributed by atoms with Gasteiger partial charge < -0.3 is 20.3 Å². The third kappa shape index (κ3) is 2.94. The number of hydrogen-bond acceptors (Lipinski definition) is 4. The van der Waals surface area contributed by atoms with Crippen molar-refractivity contribution < 1.29 is 9.53 Å². The molecule has 2 saturated heterocycles. The zero-order valence-corrected chi connectivity index (χ0v) is 18.4. The Hall–Kier alpha value is -2.37. The second-order valence-electron chi connectivity index (χ2n) is 9.80. The Morgan fingerprint density at radius 3 is 2.81 bits per heavy atom. The lowest BCUT2D eigenvalue weighted by molar-refractivity contribution is -0.119. The van der Waals surface area contributed by atoms with E-state index in [1.165, 1.54) is 36.8 Å². The van der Waals surface area contributed by atoms with Gasteiger partial charge in [0, 0.05) is 42.8 Å². The van der Waals surface area contributed by atoms with Crippen LogP contribution in [0.15, 0.2) is 42.5 Å². The number of amides is 1. The molecule has 4 aliphatic rings. The van der Waals surface area contributed by atoms with Crippen molar-refractivity contribution in [2.24, 2.45) is 5.92 Å². The molecule has 0 spiro atoms. The average molecular weight is 418 g/mol. The van der Waals surface area contributed by atoms with Crippen molar-refractivity contribution in [3.8, 4) is 5.75 Å². The number of ether oxygens (including phenoxy) is 1. The van der Waals surface area contributed by atoms with Crippen molar-refractivity contribution in [2.45, 2.75) is 62.2 Å². The summed E-state index contributed by atoms with van der Waals surface area (Å²) in [5.41, 5.74) is 4.84. The summed E-state index contributed by atoms with van der Waals surface area (Å²) >= 11 is 0. The molecule has 31 heavy (non-hydrogen) atoms. The molecule has 162 valence electrons. The first-order chi connectivity index (χ1) is 15.1. The highest BCUT2D eigenvalue weighted by Crippen LogP contribution is 2.56. The number of rotatable bonds is 5. The molecule has 1 amide bonds. The number of nitrogens with one attached hydrogen (secondary N) is 2. The first-order valence-corrected chi connectivity index (χ1v) is 11.7. The van der Waals surface area contributed by atoms with Crippen LogP contribution in [0.4, 0.5) is 5.69 Å². The van der Waals surface area contributed by atoms with Gasteiger partial charge in [-0.2, -0.15) is 0 Å². The van der Waals surface area contributed by atoms with Gasteiger partial charge >= 0.3 is 0 Å². The Balaban J connectivity index is 1.29. The molecule has 5 nitrogen and oxygen atoms in total. The van der Waals surface area contributed by atoms with Gasteiger partial charge in [0.25, 0.3) is 0 Å². The summed E-state index contributed by atoms with van der Waals surface area (Å²) in [4.78, 5) is 14.4.